The van der Waals surface area contributed by atoms with Crippen molar-refractivity contribution in [1.29, 1.82) is 0 Å². The van der Waals surface area contributed by atoms with Crippen molar-refractivity contribution < 1.29 is 4.74 Å². The van der Waals surface area contributed by atoms with E-state index in [-0.39, 0.29) is 0 Å². The number of likely N-dealkylation sites (tertiary alicyclic amines) is 1. The first-order chi connectivity index (χ1) is 13.7. The molecule has 8 heteroatoms. The lowest BCUT2D eigenvalue weighted by Gasteiger charge is -2.29. The second-order valence-corrected chi connectivity index (χ2v) is 8.39. The zero-order valence-electron chi connectivity index (χ0n) is 17.4. The average Bonchev–Trinajstić information content (AvgIpc) is 3.33. The van der Waals surface area contributed by atoms with Gasteiger partial charge < -0.3 is 19.5 Å². The van der Waals surface area contributed by atoms with Crippen molar-refractivity contribution in [2.45, 2.75) is 39.7 Å². The minimum absolute atomic E-state index is 0.572. The van der Waals surface area contributed by atoms with E-state index in [4.69, 9.17) is 9.73 Å². The third kappa shape index (κ3) is 4.66. The highest BCUT2D eigenvalue weighted by molar-refractivity contribution is 5.80. The molecule has 156 valence electrons. The van der Waals surface area contributed by atoms with Crippen LogP contribution in [-0.4, -0.2) is 89.6 Å². The van der Waals surface area contributed by atoms with Crippen molar-refractivity contribution >= 4 is 5.96 Å². The van der Waals surface area contributed by atoms with Gasteiger partial charge in [0, 0.05) is 58.8 Å². The molecule has 3 aliphatic heterocycles. The number of morpholine rings is 1. The first-order valence-electron chi connectivity index (χ1n) is 10.9. The fourth-order valence-electron chi connectivity index (χ4n) is 4.64. The number of nitrogens with zero attached hydrogens (tertiary/aromatic N) is 6. The van der Waals surface area contributed by atoms with Crippen LogP contribution in [-0.2, 0) is 17.7 Å². The predicted octanol–water partition coefficient (Wildman–Crippen LogP) is 0.769. The molecule has 0 radical (unpaired) electrons. The van der Waals surface area contributed by atoms with E-state index in [0.29, 0.717) is 5.92 Å². The number of hydrogen-bond acceptors (Lipinski definition) is 5. The lowest BCUT2D eigenvalue weighted by Crippen LogP contribution is -2.42. The molecule has 0 saturated carbocycles. The summed E-state index contributed by atoms with van der Waals surface area (Å²) in [6.45, 7) is 14.3. The molecule has 1 N–H and O–H groups in total. The highest BCUT2D eigenvalue weighted by Gasteiger charge is 2.28. The Labute approximate surface area is 168 Å². The van der Waals surface area contributed by atoms with Gasteiger partial charge >= 0.3 is 0 Å². The van der Waals surface area contributed by atoms with E-state index in [1.807, 2.05) is 6.92 Å². The maximum Gasteiger partial charge on any atom is 0.193 e. The molecule has 0 aromatic carbocycles. The third-order valence-electron chi connectivity index (χ3n) is 6.27. The van der Waals surface area contributed by atoms with Gasteiger partial charge in [-0.05, 0) is 38.5 Å². The molecule has 2 atom stereocenters. The standard InChI is InChI=1S/C20H35N7O/c1-3-21-20(22-12-17-4-5-19-24-23-16(2)27(19)15-17)26-7-6-18(14-26)13-25-8-10-28-11-9-25/h17-18H,3-15H2,1-2H3,(H,21,22). The van der Waals surface area contributed by atoms with E-state index in [9.17, 15) is 0 Å². The average molecular weight is 390 g/mol. The Hall–Kier alpha value is -1.67. The normalized spacial score (nSPS) is 26.5. The van der Waals surface area contributed by atoms with Gasteiger partial charge in [-0.15, -0.1) is 10.2 Å². The van der Waals surface area contributed by atoms with Gasteiger partial charge in [0.25, 0.3) is 0 Å². The summed E-state index contributed by atoms with van der Waals surface area (Å²) in [5, 5.41) is 12.0. The van der Waals surface area contributed by atoms with Crippen molar-refractivity contribution in [3.8, 4) is 0 Å². The molecule has 0 aliphatic carbocycles. The first-order valence-corrected chi connectivity index (χ1v) is 10.9. The zero-order chi connectivity index (χ0) is 19.3. The fourth-order valence-corrected chi connectivity index (χ4v) is 4.64. The van der Waals surface area contributed by atoms with Crippen molar-refractivity contribution in [2.75, 3.05) is 59.0 Å². The van der Waals surface area contributed by atoms with Gasteiger partial charge in [0.15, 0.2) is 5.96 Å². The number of hydrogen-bond donors (Lipinski definition) is 1. The Morgan fingerprint density at radius 1 is 1.14 bits per heavy atom. The van der Waals surface area contributed by atoms with Gasteiger partial charge in [-0.3, -0.25) is 9.89 Å². The third-order valence-corrected chi connectivity index (χ3v) is 6.27. The van der Waals surface area contributed by atoms with Crippen LogP contribution in [0.2, 0.25) is 0 Å². The van der Waals surface area contributed by atoms with E-state index < -0.39 is 0 Å². The molecule has 4 heterocycles. The number of ether oxygens (including phenoxy) is 1. The molecule has 0 bridgehead atoms. The lowest BCUT2D eigenvalue weighted by atomic mass is 9.99. The molecule has 0 amide bonds. The number of rotatable bonds is 5. The van der Waals surface area contributed by atoms with Gasteiger partial charge in [-0.2, -0.15) is 0 Å². The predicted molar refractivity (Wildman–Crippen MR) is 109 cm³/mol. The van der Waals surface area contributed by atoms with E-state index in [0.717, 1.165) is 95.4 Å². The minimum Gasteiger partial charge on any atom is -0.379 e. The van der Waals surface area contributed by atoms with Crippen molar-refractivity contribution in [2.24, 2.45) is 16.8 Å². The first kappa shape index (κ1) is 19.6. The molecule has 2 unspecified atom stereocenters. The van der Waals surface area contributed by atoms with Crippen LogP contribution >= 0.6 is 0 Å². The maximum absolute atomic E-state index is 5.48. The zero-order valence-corrected chi connectivity index (χ0v) is 17.4. The molecule has 8 nitrogen and oxygen atoms in total. The summed E-state index contributed by atoms with van der Waals surface area (Å²) in [6, 6.07) is 0. The SMILES string of the molecule is CCNC(=NCC1CCc2nnc(C)n2C1)N1CCC(CN2CCOCC2)C1. The fraction of sp³-hybridized carbons (Fsp3) is 0.850. The van der Waals surface area contributed by atoms with Gasteiger partial charge in [-0.1, -0.05) is 0 Å². The molecule has 2 saturated heterocycles. The Kier molecular flexibility index (Phi) is 6.47. The molecular weight excluding hydrogens is 354 g/mol. The van der Waals surface area contributed by atoms with Crippen molar-refractivity contribution in [1.82, 2.24) is 29.9 Å². The Bertz CT molecular complexity index is 668. The second-order valence-electron chi connectivity index (χ2n) is 8.39. The number of nitrogens with one attached hydrogen (secondary N) is 1. The highest BCUT2D eigenvalue weighted by atomic mass is 16.5. The van der Waals surface area contributed by atoms with Crippen LogP contribution in [0.3, 0.4) is 0 Å². The van der Waals surface area contributed by atoms with Gasteiger partial charge in [-0.25, -0.2) is 0 Å². The number of guanidine groups is 1. The molecule has 1 aromatic heterocycles. The number of aromatic nitrogens is 3. The number of aryl methyl sites for hydroxylation is 2. The van der Waals surface area contributed by atoms with E-state index in [1.54, 1.807) is 0 Å². The Morgan fingerprint density at radius 3 is 2.82 bits per heavy atom. The van der Waals surface area contributed by atoms with Gasteiger partial charge in [0.2, 0.25) is 0 Å². The lowest BCUT2D eigenvalue weighted by molar-refractivity contribution is 0.0315. The van der Waals surface area contributed by atoms with Crippen LogP contribution < -0.4 is 5.32 Å². The minimum atomic E-state index is 0.572. The van der Waals surface area contributed by atoms with Crippen LogP contribution in [0.1, 0.15) is 31.4 Å². The van der Waals surface area contributed by atoms with Crippen LogP contribution in [0.15, 0.2) is 4.99 Å². The topological polar surface area (TPSA) is 70.8 Å². The molecule has 0 spiro atoms. The summed E-state index contributed by atoms with van der Waals surface area (Å²) in [6.07, 6.45) is 3.43. The smallest absolute Gasteiger partial charge is 0.193 e. The second kappa shape index (κ2) is 9.22. The Morgan fingerprint density at radius 2 is 2.00 bits per heavy atom. The van der Waals surface area contributed by atoms with Crippen LogP contribution in [0.5, 0.6) is 0 Å². The van der Waals surface area contributed by atoms with E-state index >= 15 is 0 Å². The summed E-state index contributed by atoms with van der Waals surface area (Å²) in [7, 11) is 0. The molecule has 2 fully saturated rings. The molecular formula is C20H35N7O. The summed E-state index contributed by atoms with van der Waals surface area (Å²) >= 11 is 0. The quantitative estimate of drug-likeness (QED) is 0.593. The molecule has 4 rings (SSSR count). The van der Waals surface area contributed by atoms with Crippen LogP contribution in [0.4, 0.5) is 0 Å². The van der Waals surface area contributed by atoms with E-state index in [2.05, 4.69) is 36.8 Å². The summed E-state index contributed by atoms with van der Waals surface area (Å²) in [5.41, 5.74) is 0. The molecule has 3 aliphatic rings. The summed E-state index contributed by atoms with van der Waals surface area (Å²) in [5.74, 6) is 4.57. The van der Waals surface area contributed by atoms with Gasteiger partial charge in [0.05, 0.1) is 13.2 Å². The highest BCUT2D eigenvalue weighted by Crippen LogP contribution is 2.21. The summed E-state index contributed by atoms with van der Waals surface area (Å²) < 4.78 is 7.75. The van der Waals surface area contributed by atoms with Gasteiger partial charge in [0.1, 0.15) is 11.6 Å². The molecule has 28 heavy (non-hydrogen) atoms. The number of aliphatic imine (C=N–C) groups is 1. The van der Waals surface area contributed by atoms with Crippen LogP contribution in [0, 0.1) is 18.8 Å². The number of fused-ring (bicyclic) bond motifs is 1. The van der Waals surface area contributed by atoms with E-state index in [1.165, 1.54) is 13.0 Å². The monoisotopic (exact) mass is 389 g/mol. The largest absolute Gasteiger partial charge is 0.379 e. The maximum atomic E-state index is 5.48. The van der Waals surface area contributed by atoms with Crippen LogP contribution in [0.25, 0.3) is 0 Å². The summed E-state index contributed by atoms with van der Waals surface area (Å²) in [4.78, 5) is 10.1. The van der Waals surface area contributed by atoms with Crippen molar-refractivity contribution in [3.05, 3.63) is 11.6 Å². The Balaban J connectivity index is 1.31. The van der Waals surface area contributed by atoms with Crippen molar-refractivity contribution in [3.63, 3.8) is 0 Å². The molecule has 1 aromatic rings.